The van der Waals surface area contributed by atoms with Crippen molar-refractivity contribution in [1.29, 1.82) is 0 Å². The molecule has 2 aromatic rings. The monoisotopic (exact) mass is 439 g/mol. The van der Waals surface area contributed by atoms with Gasteiger partial charge in [-0.3, -0.25) is 9.59 Å². The summed E-state index contributed by atoms with van der Waals surface area (Å²) in [6.07, 6.45) is 5.87. The van der Waals surface area contributed by atoms with Crippen molar-refractivity contribution < 1.29 is 9.59 Å². The lowest BCUT2D eigenvalue weighted by molar-refractivity contribution is -0.123. The van der Waals surface area contributed by atoms with Crippen LogP contribution in [0.4, 0.5) is 0 Å². The number of hydrogen-bond donors (Lipinski definition) is 3. The highest BCUT2D eigenvalue weighted by Crippen LogP contribution is 2.19. The molecule has 1 unspecified atom stereocenters. The number of carbonyl (C=O) groups excluding carboxylic acids is 2. The fourth-order valence-corrected chi connectivity index (χ4v) is 3.77. The zero-order chi connectivity index (χ0) is 18.6. The minimum absolute atomic E-state index is 0. The van der Waals surface area contributed by atoms with Crippen molar-refractivity contribution in [2.24, 2.45) is 0 Å². The molecule has 3 heterocycles. The van der Waals surface area contributed by atoms with Crippen molar-refractivity contribution in [3.05, 3.63) is 53.1 Å². The number of aromatic amines is 1. The van der Waals surface area contributed by atoms with Crippen molar-refractivity contribution in [2.75, 3.05) is 19.6 Å². The Kier molecular flexibility index (Phi) is 8.49. The van der Waals surface area contributed by atoms with Gasteiger partial charge in [0.1, 0.15) is 6.04 Å². The van der Waals surface area contributed by atoms with Gasteiger partial charge >= 0.3 is 0 Å². The summed E-state index contributed by atoms with van der Waals surface area (Å²) in [6.45, 7) is 2.87. The molecule has 2 amide bonds. The third-order valence-corrected chi connectivity index (χ3v) is 5.32. The van der Waals surface area contributed by atoms with E-state index in [1.54, 1.807) is 6.33 Å². The summed E-state index contributed by atoms with van der Waals surface area (Å²) < 4.78 is 0. The number of H-pyrrole nitrogens is 1. The van der Waals surface area contributed by atoms with E-state index in [2.05, 4.69) is 20.6 Å². The van der Waals surface area contributed by atoms with Gasteiger partial charge in [0.25, 0.3) is 5.91 Å². The summed E-state index contributed by atoms with van der Waals surface area (Å²) >= 11 is 0. The van der Waals surface area contributed by atoms with Gasteiger partial charge in [-0.05, 0) is 37.0 Å². The lowest BCUT2D eigenvalue weighted by Gasteiger charge is -2.26. The van der Waals surface area contributed by atoms with Crippen LogP contribution in [0.3, 0.4) is 0 Å². The lowest BCUT2D eigenvalue weighted by Crippen LogP contribution is -2.41. The number of fused-ring (bicyclic) bond motifs is 1. The van der Waals surface area contributed by atoms with Crippen LogP contribution in [0.2, 0.25) is 0 Å². The van der Waals surface area contributed by atoms with E-state index in [1.165, 1.54) is 6.42 Å². The first-order valence-corrected chi connectivity index (χ1v) is 9.64. The van der Waals surface area contributed by atoms with E-state index in [4.69, 9.17) is 0 Å². The van der Waals surface area contributed by atoms with Crippen LogP contribution in [0.5, 0.6) is 0 Å². The van der Waals surface area contributed by atoms with Crippen molar-refractivity contribution in [3.8, 4) is 0 Å². The number of rotatable bonds is 4. The van der Waals surface area contributed by atoms with Crippen LogP contribution >= 0.6 is 24.8 Å². The molecule has 7 nitrogen and oxygen atoms in total. The van der Waals surface area contributed by atoms with Crippen LogP contribution in [-0.2, 0) is 17.8 Å². The molecule has 2 aliphatic rings. The third kappa shape index (κ3) is 5.29. The van der Waals surface area contributed by atoms with Crippen LogP contribution in [0, 0.1) is 0 Å². The molecule has 1 saturated heterocycles. The molecule has 158 valence electrons. The normalized spacial score (nSPS) is 18.1. The molecule has 1 aromatic carbocycles. The molecule has 4 rings (SSSR count). The van der Waals surface area contributed by atoms with Gasteiger partial charge in [0.15, 0.2) is 0 Å². The second kappa shape index (κ2) is 10.6. The van der Waals surface area contributed by atoms with Crippen LogP contribution in [-0.4, -0.2) is 46.3 Å². The lowest BCUT2D eigenvalue weighted by atomic mass is 10.0. The number of nitrogens with zero attached hydrogens (tertiary/aromatic N) is 2. The van der Waals surface area contributed by atoms with E-state index < -0.39 is 6.04 Å². The van der Waals surface area contributed by atoms with Crippen molar-refractivity contribution in [3.63, 3.8) is 0 Å². The first-order valence-electron chi connectivity index (χ1n) is 9.64. The summed E-state index contributed by atoms with van der Waals surface area (Å²) in [7, 11) is 0. The molecular weight excluding hydrogens is 413 g/mol. The highest BCUT2D eigenvalue weighted by molar-refractivity contribution is 5.94. The van der Waals surface area contributed by atoms with Crippen LogP contribution in [0.25, 0.3) is 0 Å². The average Bonchev–Trinajstić information content (AvgIpc) is 3.21. The minimum atomic E-state index is -0.417. The molecule has 1 fully saturated rings. The summed E-state index contributed by atoms with van der Waals surface area (Å²) in [5, 5.41) is 6.17. The van der Waals surface area contributed by atoms with Gasteiger partial charge in [-0.15, -0.1) is 24.8 Å². The molecule has 0 aliphatic carbocycles. The van der Waals surface area contributed by atoms with Gasteiger partial charge in [-0.2, -0.15) is 0 Å². The van der Waals surface area contributed by atoms with Gasteiger partial charge in [-0.1, -0.05) is 12.1 Å². The number of likely N-dealkylation sites (tertiary alicyclic amines) is 1. The maximum atomic E-state index is 12.5. The maximum absolute atomic E-state index is 12.5. The average molecular weight is 440 g/mol. The molecule has 3 N–H and O–H groups in total. The molecule has 0 bridgehead atoms. The fraction of sp³-hybridized carbons (Fsp3) is 0.450. The molecule has 9 heteroatoms. The molecule has 1 atom stereocenters. The molecule has 2 aliphatic heterocycles. The second-order valence-electron chi connectivity index (χ2n) is 7.17. The smallest absolute Gasteiger partial charge is 0.253 e. The van der Waals surface area contributed by atoms with Gasteiger partial charge in [0.05, 0.1) is 12.0 Å². The van der Waals surface area contributed by atoms with E-state index in [9.17, 15) is 9.59 Å². The Labute approximate surface area is 182 Å². The van der Waals surface area contributed by atoms with Crippen LogP contribution < -0.4 is 10.6 Å². The Bertz CT molecular complexity index is 819. The quantitative estimate of drug-likeness (QED) is 0.681. The Balaban J connectivity index is 0.00000150. The summed E-state index contributed by atoms with van der Waals surface area (Å²) in [4.78, 5) is 34.3. The van der Waals surface area contributed by atoms with E-state index in [0.717, 1.165) is 55.8 Å². The van der Waals surface area contributed by atoms with Crippen LogP contribution in [0.15, 0.2) is 30.6 Å². The van der Waals surface area contributed by atoms with Crippen LogP contribution in [0.1, 0.15) is 52.6 Å². The number of benzene rings is 1. The Hall–Kier alpha value is -2.09. The van der Waals surface area contributed by atoms with Gasteiger partial charge in [0, 0.05) is 43.9 Å². The van der Waals surface area contributed by atoms with E-state index in [-0.39, 0.29) is 36.6 Å². The fourth-order valence-electron chi connectivity index (χ4n) is 3.77. The van der Waals surface area contributed by atoms with Crippen molar-refractivity contribution in [1.82, 2.24) is 25.5 Å². The van der Waals surface area contributed by atoms with Gasteiger partial charge < -0.3 is 20.5 Å². The first kappa shape index (κ1) is 23.2. The number of aromatic nitrogens is 2. The van der Waals surface area contributed by atoms with E-state index in [0.29, 0.717) is 12.1 Å². The minimum Gasteiger partial charge on any atom is -0.350 e. The summed E-state index contributed by atoms with van der Waals surface area (Å²) in [5.74, 6) is 0.0132. The predicted octanol–water partition coefficient (Wildman–Crippen LogP) is 2.38. The number of halogens is 2. The third-order valence-electron chi connectivity index (χ3n) is 5.32. The highest BCUT2D eigenvalue weighted by atomic mass is 35.5. The van der Waals surface area contributed by atoms with Crippen molar-refractivity contribution in [2.45, 2.75) is 38.3 Å². The summed E-state index contributed by atoms with van der Waals surface area (Å²) in [6, 6.07) is 7.10. The Morgan fingerprint density at radius 1 is 1.10 bits per heavy atom. The summed E-state index contributed by atoms with van der Waals surface area (Å²) in [5.41, 5.74) is 3.48. The topological polar surface area (TPSA) is 90.1 Å². The molecule has 29 heavy (non-hydrogen) atoms. The van der Waals surface area contributed by atoms with Gasteiger partial charge in [0.2, 0.25) is 5.91 Å². The van der Waals surface area contributed by atoms with Crippen molar-refractivity contribution >= 4 is 36.6 Å². The maximum Gasteiger partial charge on any atom is 0.253 e. The number of carbonyl (C=O) groups is 2. The second-order valence-corrected chi connectivity index (χ2v) is 7.17. The zero-order valence-electron chi connectivity index (χ0n) is 16.1. The molecule has 0 saturated carbocycles. The molecule has 0 spiro atoms. The predicted molar refractivity (Wildman–Crippen MR) is 116 cm³/mol. The Morgan fingerprint density at radius 2 is 1.83 bits per heavy atom. The number of imidazole rings is 1. The number of hydrogen-bond acceptors (Lipinski definition) is 4. The standard InChI is InChI=1S/C20H25N5O2.2ClH/c26-19(18-17-16(8-9-21-18)23-13-24-17)22-12-14-4-6-15(7-5-14)20(27)25-10-2-1-3-11-25;;/h4-7,13,18,21H,1-3,8-12H2,(H,22,26)(H,23,24);2*1H. The number of piperidine rings is 1. The molecule has 0 radical (unpaired) electrons. The zero-order valence-corrected chi connectivity index (χ0v) is 17.8. The number of amides is 2. The number of nitrogens with one attached hydrogen (secondary N) is 3. The highest BCUT2D eigenvalue weighted by Gasteiger charge is 2.28. The molecule has 1 aromatic heterocycles. The molecular formula is C20H27Cl2N5O2. The Morgan fingerprint density at radius 3 is 2.55 bits per heavy atom. The SMILES string of the molecule is Cl.Cl.O=C(NCc1ccc(C(=O)N2CCCCC2)cc1)C1NCCc2[nH]cnc21. The van der Waals surface area contributed by atoms with E-state index >= 15 is 0 Å². The van der Waals surface area contributed by atoms with Gasteiger partial charge in [-0.25, -0.2) is 4.98 Å². The van der Waals surface area contributed by atoms with E-state index in [1.807, 2.05) is 29.2 Å². The largest absolute Gasteiger partial charge is 0.350 e. The first-order chi connectivity index (χ1) is 13.2.